The van der Waals surface area contributed by atoms with Crippen molar-refractivity contribution < 1.29 is 23.8 Å². The topological polar surface area (TPSA) is 70.1 Å². The molecule has 0 aliphatic carbocycles. The summed E-state index contributed by atoms with van der Waals surface area (Å²) in [5, 5.41) is 11.2. The highest BCUT2D eigenvalue weighted by molar-refractivity contribution is 6.46. The van der Waals surface area contributed by atoms with Gasteiger partial charge in [-0.05, 0) is 49.8 Å². The summed E-state index contributed by atoms with van der Waals surface area (Å²) in [7, 11) is 0. The van der Waals surface area contributed by atoms with Gasteiger partial charge in [-0.2, -0.15) is 0 Å². The predicted molar refractivity (Wildman–Crippen MR) is 130 cm³/mol. The van der Waals surface area contributed by atoms with Crippen LogP contribution in [0.1, 0.15) is 36.6 Å². The van der Waals surface area contributed by atoms with E-state index in [1.165, 1.54) is 11.0 Å². The molecule has 2 aromatic rings. The summed E-state index contributed by atoms with van der Waals surface area (Å²) in [6.45, 7) is 12.1. The van der Waals surface area contributed by atoms with Crippen LogP contribution < -0.4 is 4.74 Å². The summed E-state index contributed by atoms with van der Waals surface area (Å²) < 4.78 is 20.5. The normalized spacial score (nSPS) is 17.4. The van der Waals surface area contributed by atoms with Gasteiger partial charge in [0.2, 0.25) is 0 Å². The lowest BCUT2D eigenvalue weighted by Gasteiger charge is -2.28. The van der Waals surface area contributed by atoms with E-state index in [-0.39, 0.29) is 23.4 Å². The average Bonchev–Trinajstić information content (AvgIpc) is 3.08. The van der Waals surface area contributed by atoms with Crippen molar-refractivity contribution >= 4 is 17.4 Å². The lowest BCUT2D eigenvalue weighted by molar-refractivity contribution is -0.140. The van der Waals surface area contributed by atoms with Crippen LogP contribution in [0, 0.1) is 12.7 Å². The Bertz CT molecular complexity index is 1110. The number of likely N-dealkylation sites (tertiary alicyclic amines) is 1. The second kappa shape index (κ2) is 11.1. The molecule has 1 heterocycles. The average molecular weight is 467 g/mol. The fraction of sp³-hybridized carbons (Fsp3) is 0.333. The molecule has 0 radical (unpaired) electrons. The summed E-state index contributed by atoms with van der Waals surface area (Å²) in [6.07, 6.45) is 1.63. The van der Waals surface area contributed by atoms with Gasteiger partial charge in [0.25, 0.3) is 11.7 Å². The van der Waals surface area contributed by atoms with Gasteiger partial charge in [0.1, 0.15) is 23.9 Å². The third kappa shape index (κ3) is 5.04. The molecule has 2 aromatic carbocycles. The minimum absolute atomic E-state index is 0.117. The molecule has 0 unspecified atom stereocenters. The monoisotopic (exact) mass is 466 g/mol. The second-order valence-corrected chi connectivity index (χ2v) is 8.12. The Kier molecular flexibility index (Phi) is 8.23. The fourth-order valence-corrected chi connectivity index (χ4v) is 4.18. The van der Waals surface area contributed by atoms with E-state index in [1.807, 2.05) is 20.8 Å². The Hall–Kier alpha value is -3.45. The van der Waals surface area contributed by atoms with Gasteiger partial charge in [0.15, 0.2) is 0 Å². The minimum Gasteiger partial charge on any atom is -0.507 e. The van der Waals surface area contributed by atoms with Crippen molar-refractivity contribution in [2.75, 3.05) is 32.8 Å². The lowest BCUT2D eigenvalue weighted by Crippen LogP contribution is -2.38. The van der Waals surface area contributed by atoms with E-state index in [4.69, 9.17) is 4.74 Å². The molecule has 1 N–H and O–H groups in total. The molecule has 0 bridgehead atoms. The third-order valence-corrected chi connectivity index (χ3v) is 6.10. The second-order valence-electron chi connectivity index (χ2n) is 8.12. The molecule has 1 aliphatic heterocycles. The van der Waals surface area contributed by atoms with Crippen molar-refractivity contribution in [1.29, 1.82) is 0 Å². The first-order valence-electron chi connectivity index (χ1n) is 11.4. The molecule has 1 aliphatic rings. The molecule has 0 saturated carbocycles. The van der Waals surface area contributed by atoms with Crippen molar-refractivity contribution in [3.63, 3.8) is 0 Å². The molecule has 7 heteroatoms. The number of Topliss-reactive ketones (excluding diaryl/α,β-unsaturated/α-hetero) is 1. The summed E-state index contributed by atoms with van der Waals surface area (Å²) >= 11 is 0. The molecule has 180 valence electrons. The van der Waals surface area contributed by atoms with Gasteiger partial charge < -0.3 is 19.6 Å². The number of carbonyl (C=O) groups excluding carboxylic acids is 2. The van der Waals surface area contributed by atoms with E-state index in [1.54, 1.807) is 42.5 Å². The highest BCUT2D eigenvalue weighted by Crippen LogP contribution is 2.40. The van der Waals surface area contributed by atoms with Crippen LogP contribution in [-0.2, 0) is 9.59 Å². The molecular formula is C27H31FN2O4. The first-order chi connectivity index (χ1) is 16.3. The Morgan fingerprint density at radius 3 is 2.53 bits per heavy atom. The number of aryl methyl sites for hydroxylation is 1. The maximum atomic E-state index is 14.9. The van der Waals surface area contributed by atoms with E-state index in [0.717, 1.165) is 18.7 Å². The number of aliphatic hydroxyl groups excluding tert-OH is 1. The standard InChI is InChI=1S/C27H31FN2O4/c1-5-16-34-22-13-12-19(17-18(22)4)25(31)23-24(20-10-8-9-11-21(20)28)30(27(33)26(23)32)15-14-29(6-2)7-3/h5,8-13,17,24,31H,1,6-7,14-16H2,2-4H3/t24-/m0/s1. The minimum atomic E-state index is -1.02. The molecule has 3 rings (SSSR count). The Morgan fingerprint density at radius 1 is 1.21 bits per heavy atom. The SMILES string of the molecule is C=CCOc1ccc(C(O)=C2C(=O)C(=O)N(CCN(CC)CC)[C@H]2c2ccccc2F)cc1C. The highest BCUT2D eigenvalue weighted by atomic mass is 19.1. The number of rotatable bonds is 10. The van der Waals surface area contributed by atoms with Crippen LogP contribution in [0.25, 0.3) is 5.76 Å². The van der Waals surface area contributed by atoms with Gasteiger partial charge in [0.05, 0.1) is 11.6 Å². The van der Waals surface area contributed by atoms with Gasteiger partial charge in [-0.1, -0.05) is 44.7 Å². The molecular weight excluding hydrogens is 435 g/mol. The van der Waals surface area contributed by atoms with Gasteiger partial charge >= 0.3 is 0 Å². The maximum absolute atomic E-state index is 14.9. The molecule has 6 nitrogen and oxygen atoms in total. The molecule has 0 aromatic heterocycles. The van der Waals surface area contributed by atoms with Gasteiger partial charge in [-0.25, -0.2) is 4.39 Å². The zero-order valence-corrected chi connectivity index (χ0v) is 19.9. The van der Waals surface area contributed by atoms with Crippen molar-refractivity contribution in [3.05, 3.63) is 83.2 Å². The van der Waals surface area contributed by atoms with Crippen molar-refractivity contribution in [1.82, 2.24) is 9.80 Å². The van der Waals surface area contributed by atoms with Gasteiger partial charge in [-0.15, -0.1) is 0 Å². The molecule has 34 heavy (non-hydrogen) atoms. The zero-order valence-electron chi connectivity index (χ0n) is 19.9. The fourth-order valence-electron chi connectivity index (χ4n) is 4.18. The molecule has 1 fully saturated rings. The van der Waals surface area contributed by atoms with Crippen molar-refractivity contribution in [3.8, 4) is 5.75 Å². The summed E-state index contributed by atoms with van der Waals surface area (Å²) in [5.41, 5.74) is 1.15. The van der Waals surface area contributed by atoms with Crippen LogP contribution in [0.4, 0.5) is 4.39 Å². The first-order valence-corrected chi connectivity index (χ1v) is 11.4. The van der Waals surface area contributed by atoms with Crippen molar-refractivity contribution in [2.45, 2.75) is 26.8 Å². The van der Waals surface area contributed by atoms with E-state index in [0.29, 0.717) is 24.5 Å². The quantitative estimate of drug-likeness (QED) is 0.242. The maximum Gasteiger partial charge on any atom is 0.295 e. The summed E-state index contributed by atoms with van der Waals surface area (Å²) in [5.74, 6) is -1.84. The number of hydrogen-bond donors (Lipinski definition) is 1. The van der Waals surface area contributed by atoms with Crippen LogP contribution in [0.2, 0.25) is 0 Å². The molecule has 1 atom stereocenters. The number of benzene rings is 2. The van der Waals surface area contributed by atoms with Crippen LogP contribution in [-0.4, -0.2) is 59.4 Å². The number of hydrogen-bond acceptors (Lipinski definition) is 5. The van der Waals surface area contributed by atoms with Crippen LogP contribution in [0.5, 0.6) is 5.75 Å². The summed E-state index contributed by atoms with van der Waals surface area (Å²) in [4.78, 5) is 29.6. The van der Waals surface area contributed by atoms with Gasteiger partial charge in [0, 0.05) is 24.2 Å². The molecule has 1 amide bonds. The zero-order chi connectivity index (χ0) is 24.8. The molecule has 0 spiro atoms. The number of amides is 1. The van der Waals surface area contributed by atoms with Crippen LogP contribution >= 0.6 is 0 Å². The van der Waals surface area contributed by atoms with Crippen LogP contribution in [0.15, 0.2) is 60.7 Å². The van der Waals surface area contributed by atoms with E-state index in [2.05, 4.69) is 11.5 Å². The third-order valence-electron chi connectivity index (χ3n) is 6.10. The number of ether oxygens (including phenoxy) is 1. The number of halogens is 1. The van der Waals surface area contributed by atoms with Crippen molar-refractivity contribution in [2.24, 2.45) is 0 Å². The van der Waals surface area contributed by atoms with E-state index in [9.17, 15) is 19.1 Å². The Morgan fingerprint density at radius 2 is 1.91 bits per heavy atom. The largest absolute Gasteiger partial charge is 0.507 e. The Balaban J connectivity index is 2.09. The Labute approximate surface area is 199 Å². The number of ketones is 1. The number of aliphatic hydroxyl groups is 1. The van der Waals surface area contributed by atoms with Gasteiger partial charge in [-0.3, -0.25) is 9.59 Å². The van der Waals surface area contributed by atoms with Crippen LogP contribution in [0.3, 0.4) is 0 Å². The predicted octanol–water partition coefficient (Wildman–Crippen LogP) is 4.46. The smallest absolute Gasteiger partial charge is 0.295 e. The van der Waals surface area contributed by atoms with E-state index >= 15 is 0 Å². The summed E-state index contributed by atoms with van der Waals surface area (Å²) in [6, 6.07) is 9.98. The molecule has 1 saturated heterocycles. The highest BCUT2D eigenvalue weighted by Gasteiger charge is 2.46. The number of likely N-dealkylation sites (N-methyl/N-ethyl adjacent to an activating group) is 1. The van der Waals surface area contributed by atoms with E-state index < -0.39 is 23.5 Å². The number of nitrogens with zero attached hydrogens (tertiary/aromatic N) is 2. The first kappa shape index (κ1) is 25.2. The number of carbonyl (C=O) groups is 2. The lowest BCUT2D eigenvalue weighted by atomic mass is 9.94.